The van der Waals surface area contributed by atoms with Crippen LogP contribution < -0.4 is 16.0 Å². The van der Waals surface area contributed by atoms with E-state index in [2.05, 4.69) is 36.1 Å². The number of nitrogens with two attached hydrogens (primary N) is 1. The van der Waals surface area contributed by atoms with E-state index < -0.39 is 5.91 Å². The lowest BCUT2D eigenvalue weighted by molar-refractivity contribution is 0.0925. The van der Waals surface area contributed by atoms with Gasteiger partial charge in [0.1, 0.15) is 11.5 Å². The van der Waals surface area contributed by atoms with E-state index in [0.29, 0.717) is 11.3 Å². The molecule has 7 nitrogen and oxygen atoms in total. The highest BCUT2D eigenvalue weighted by Crippen LogP contribution is 2.20. The van der Waals surface area contributed by atoms with Crippen molar-refractivity contribution in [2.75, 3.05) is 18.0 Å². The second-order valence-corrected chi connectivity index (χ2v) is 7.01. The van der Waals surface area contributed by atoms with E-state index in [0.717, 1.165) is 41.9 Å². The first-order valence-electron chi connectivity index (χ1n) is 8.11. The number of nitrogens with zero attached hydrogens (tertiary/aromatic N) is 2. The molecule has 0 radical (unpaired) electrons. The van der Waals surface area contributed by atoms with Crippen LogP contribution in [0.3, 0.4) is 0 Å². The number of hydrogen-bond acceptors (Lipinski definition) is 4. The summed E-state index contributed by atoms with van der Waals surface area (Å²) in [4.78, 5) is 32.9. The van der Waals surface area contributed by atoms with Gasteiger partial charge < -0.3 is 20.9 Å². The van der Waals surface area contributed by atoms with Gasteiger partial charge in [-0.2, -0.15) is 0 Å². The SMILES string of the molecule is Cc1[nH]c(C(=O)NC2CCN(c3ccc(C(N)=O)cn3)CC2)cc1Br. The van der Waals surface area contributed by atoms with Crippen molar-refractivity contribution < 1.29 is 9.59 Å². The summed E-state index contributed by atoms with van der Waals surface area (Å²) < 4.78 is 0.901. The molecule has 1 fully saturated rings. The summed E-state index contributed by atoms with van der Waals surface area (Å²) in [6.45, 7) is 3.50. The highest BCUT2D eigenvalue weighted by Gasteiger charge is 2.22. The standard InChI is InChI=1S/C17H20BrN5O2/c1-10-13(18)8-14(21-10)17(25)22-12-4-6-23(7-5-12)15-3-2-11(9-20-15)16(19)24/h2-3,8-9,12,21H,4-7H2,1H3,(H2,19,24)(H,22,25). The molecule has 1 aliphatic rings. The number of rotatable bonds is 4. The maximum atomic E-state index is 12.3. The predicted molar refractivity (Wildman–Crippen MR) is 98.7 cm³/mol. The second kappa shape index (κ2) is 7.26. The summed E-state index contributed by atoms with van der Waals surface area (Å²) in [6, 6.07) is 5.42. The molecule has 0 aromatic carbocycles. The summed E-state index contributed by atoms with van der Waals surface area (Å²) in [5.74, 6) is 0.251. The summed E-state index contributed by atoms with van der Waals surface area (Å²) in [7, 11) is 0. The largest absolute Gasteiger partial charge is 0.366 e. The molecule has 3 heterocycles. The Morgan fingerprint density at radius 2 is 2.08 bits per heavy atom. The van der Waals surface area contributed by atoms with Crippen LogP contribution in [-0.2, 0) is 0 Å². The van der Waals surface area contributed by atoms with Crippen molar-refractivity contribution in [2.24, 2.45) is 5.73 Å². The molecule has 3 rings (SSSR count). The number of aromatic amines is 1. The van der Waals surface area contributed by atoms with E-state index in [9.17, 15) is 9.59 Å². The van der Waals surface area contributed by atoms with E-state index in [4.69, 9.17) is 5.73 Å². The number of H-pyrrole nitrogens is 1. The number of pyridine rings is 1. The van der Waals surface area contributed by atoms with E-state index >= 15 is 0 Å². The van der Waals surface area contributed by atoms with Crippen LogP contribution in [0.5, 0.6) is 0 Å². The summed E-state index contributed by atoms with van der Waals surface area (Å²) in [5, 5.41) is 3.07. The van der Waals surface area contributed by atoms with Gasteiger partial charge in [-0.15, -0.1) is 0 Å². The molecule has 0 saturated carbocycles. The lowest BCUT2D eigenvalue weighted by atomic mass is 10.0. The Bertz CT molecular complexity index is 759. The number of aryl methyl sites for hydroxylation is 1. The number of carbonyl (C=O) groups is 2. The first-order chi connectivity index (χ1) is 11.9. The van der Waals surface area contributed by atoms with E-state index in [1.54, 1.807) is 18.2 Å². The number of carbonyl (C=O) groups excluding carboxylic acids is 2. The Balaban J connectivity index is 1.54. The fraction of sp³-hybridized carbons (Fsp3) is 0.353. The molecule has 132 valence electrons. The molecule has 1 saturated heterocycles. The summed E-state index contributed by atoms with van der Waals surface area (Å²) >= 11 is 3.40. The second-order valence-electron chi connectivity index (χ2n) is 6.16. The number of halogens is 1. The van der Waals surface area contributed by atoms with Gasteiger partial charge in [0.25, 0.3) is 5.91 Å². The van der Waals surface area contributed by atoms with Gasteiger partial charge >= 0.3 is 0 Å². The quantitative estimate of drug-likeness (QED) is 0.722. The zero-order chi connectivity index (χ0) is 18.0. The zero-order valence-corrected chi connectivity index (χ0v) is 15.5. The van der Waals surface area contributed by atoms with Crippen LogP contribution in [0.4, 0.5) is 5.82 Å². The van der Waals surface area contributed by atoms with E-state index in [1.807, 2.05) is 6.92 Å². The maximum Gasteiger partial charge on any atom is 0.267 e. The van der Waals surface area contributed by atoms with Gasteiger partial charge in [0, 0.05) is 35.5 Å². The molecule has 2 amide bonds. The van der Waals surface area contributed by atoms with Crippen molar-refractivity contribution >= 4 is 33.6 Å². The summed E-state index contributed by atoms with van der Waals surface area (Å²) in [6.07, 6.45) is 3.18. The van der Waals surface area contributed by atoms with Crippen molar-refractivity contribution in [3.63, 3.8) is 0 Å². The third kappa shape index (κ3) is 4.01. The third-order valence-electron chi connectivity index (χ3n) is 4.38. The Morgan fingerprint density at radius 1 is 1.36 bits per heavy atom. The molecule has 0 spiro atoms. The lowest BCUT2D eigenvalue weighted by Crippen LogP contribution is -2.45. The first kappa shape index (κ1) is 17.5. The fourth-order valence-corrected chi connectivity index (χ4v) is 3.22. The minimum atomic E-state index is -0.480. The van der Waals surface area contributed by atoms with Crippen molar-refractivity contribution in [1.29, 1.82) is 0 Å². The average molecular weight is 406 g/mol. The third-order valence-corrected chi connectivity index (χ3v) is 5.21. The average Bonchev–Trinajstić information content (AvgIpc) is 2.95. The molecule has 8 heteroatoms. The van der Waals surface area contributed by atoms with Gasteiger partial charge in [-0.3, -0.25) is 9.59 Å². The monoisotopic (exact) mass is 405 g/mol. The molecular formula is C17H20BrN5O2. The molecule has 2 aromatic heterocycles. The Labute approximate surface area is 154 Å². The molecule has 0 aliphatic carbocycles. The minimum absolute atomic E-state index is 0.0869. The molecule has 0 atom stereocenters. The van der Waals surface area contributed by atoms with Gasteiger partial charge in [0.05, 0.1) is 5.56 Å². The summed E-state index contributed by atoms with van der Waals surface area (Å²) in [5.41, 5.74) is 7.13. The Hall–Kier alpha value is -2.35. The van der Waals surface area contributed by atoms with Crippen LogP contribution >= 0.6 is 15.9 Å². The van der Waals surface area contributed by atoms with Gasteiger partial charge in [-0.05, 0) is 53.9 Å². The number of hydrogen-bond donors (Lipinski definition) is 3. The van der Waals surface area contributed by atoms with Crippen LogP contribution in [0.2, 0.25) is 0 Å². The van der Waals surface area contributed by atoms with Crippen molar-refractivity contribution in [1.82, 2.24) is 15.3 Å². The van der Waals surface area contributed by atoms with Crippen molar-refractivity contribution in [3.05, 3.63) is 45.8 Å². The molecule has 0 unspecified atom stereocenters. The van der Waals surface area contributed by atoms with Crippen LogP contribution in [0.1, 0.15) is 39.4 Å². The smallest absolute Gasteiger partial charge is 0.267 e. The number of aromatic nitrogens is 2. The van der Waals surface area contributed by atoms with Crippen molar-refractivity contribution in [3.8, 4) is 0 Å². The Kier molecular flexibility index (Phi) is 5.08. The number of primary amides is 1. The van der Waals surface area contributed by atoms with E-state index in [1.165, 1.54) is 6.20 Å². The number of amides is 2. The molecule has 4 N–H and O–H groups in total. The predicted octanol–water partition coefficient (Wildman–Crippen LogP) is 1.98. The van der Waals surface area contributed by atoms with Crippen LogP contribution in [0.15, 0.2) is 28.9 Å². The highest BCUT2D eigenvalue weighted by atomic mass is 79.9. The van der Waals surface area contributed by atoms with Crippen molar-refractivity contribution in [2.45, 2.75) is 25.8 Å². The first-order valence-corrected chi connectivity index (χ1v) is 8.90. The molecule has 1 aliphatic heterocycles. The maximum absolute atomic E-state index is 12.3. The van der Waals surface area contributed by atoms with Crippen LogP contribution in [-0.4, -0.2) is 40.9 Å². The number of anilines is 1. The van der Waals surface area contributed by atoms with Crippen LogP contribution in [0.25, 0.3) is 0 Å². The molecule has 25 heavy (non-hydrogen) atoms. The normalized spacial score (nSPS) is 15.2. The van der Waals surface area contributed by atoms with E-state index in [-0.39, 0.29) is 11.9 Å². The Morgan fingerprint density at radius 3 is 2.60 bits per heavy atom. The highest BCUT2D eigenvalue weighted by molar-refractivity contribution is 9.10. The number of nitrogens with one attached hydrogen (secondary N) is 2. The number of piperidine rings is 1. The molecule has 2 aromatic rings. The van der Waals surface area contributed by atoms with Gasteiger partial charge in [-0.25, -0.2) is 4.98 Å². The lowest BCUT2D eigenvalue weighted by Gasteiger charge is -2.33. The van der Waals surface area contributed by atoms with Gasteiger partial charge in [0.15, 0.2) is 0 Å². The molecule has 0 bridgehead atoms. The van der Waals surface area contributed by atoms with Gasteiger partial charge in [-0.1, -0.05) is 0 Å². The topological polar surface area (TPSA) is 104 Å². The van der Waals surface area contributed by atoms with Crippen LogP contribution in [0, 0.1) is 6.92 Å². The fourth-order valence-electron chi connectivity index (χ4n) is 2.89. The molecular weight excluding hydrogens is 386 g/mol. The zero-order valence-electron chi connectivity index (χ0n) is 13.9. The minimum Gasteiger partial charge on any atom is -0.366 e. The van der Waals surface area contributed by atoms with Gasteiger partial charge in [0.2, 0.25) is 5.91 Å².